The first kappa shape index (κ1) is 21.0. The molecule has 30 heavy (non-hydrogen) atoms. The third-order valence-corrected chi connectivity index (χ3v) is 6.47. The highest BCUT2D eigenvalue weighted by Crippen LogP contribution is 2.29. The summed E-state index contributed by atoms with van der Waals surface area (Å²) >= 11 is 0. The minimum absolute atomic E-state index is 0.0867. The van der Waals surface area contributed by atoms with Crippen LogP contribution in [0.4, 0.5) is 5.82 Å². The van der Waals surface area contributed by atoms with Gasteiger partial charge in [0.1, 0.15) is 0 Å². The minimum atomic E-state index is -0.433. The van der Waals surface area contributed by atoms with Crippen molar-refractivity contribution in [1.82, 2.24) is 20.0 Å². The number of aliphatic hydroxyl groups excluding tert-OH is 1. The number of piperidine rings is 1. The maximum absolute atomic E-state index is 11.0. The molecule has 1 aromatic heterocycles. The number of nitrogens with zero attached hydrogens (tertiary/aromatic N) is 4. The van der Waals surface area contributed by atoms with E-state index in [0.29, 0.717) is 0 Å². The molecule has 2 aromatic rings. The molecule has 4 rings (SSSR count). The predicted octanol–water partition coefficient (Wildman–Crippen LogP) is 3.02. The molecule has 2 fully saturated rings. The molecule has 0 amide bonds. The van der Waals surface area contributed by atoms with Crippen molar-refractivity contribution in [3.8, 4) is 0 Å². The quantitative estimate of drug-likeness (QED) is 0.535. The Labute approximate surface area is 177 Å². The maximum atomic E-state index is 11.0. The standard InChI is InChI=1S/C22H31N5O3/c28-19-9-12-25(13-10-19)16-18-6-2-1-5-17(18)15-23-20-7-3-4-8-21(20)26-14-11-22(24-26)27(29)30/h1-2,5-6,11,14,19-21,23,28H,3-4,7-10,12-13,15-16H2/t20-,21-/m0/s1. The molecule has 0 unspecified atom stereocenters. The molecule has 2 atom stereocenters. The van der Waals surface area contributed by atoms with Crippen molar-refractivity contribution >= 4 is 5.82 Å². The summed E-state index contributed by atoms with van der Waals surface area (Å²) < 4.78 is 1.78. The van der Waals surface area contributed by atoms with Gasteiger partial charge in [-0.2, -0.15) is 4.68 Å². The fraction of sp³-hybridized carbons (Fsp3) is 0.591. The third kappa shape index (κ3) is 5.06. The van der Waals surface area contributed by atoms with E-state index in [4.69, 9.17) is 0 Å². The second kappa shape index (κ2) is 9.68. The zero-order valence-electron chi connectivity index (χ0n) is 17.3. The highest BCUT2D eigenvalue weighted by Gasteiger charge is 2.30. The topological polar surface area (TPSA) is 96.5 Å². The number of aliphatic hydroxyl groups is 1. The number of hydrogen-bond acceptors (Lipinski definition) is 6. The Hall–Kier alpha value is -2.29. The first-order valence-electron chi connectivity index (χ1n) is 11.0. The first-order valence-corrected chi connectivity index (χ1v) is 11.0. The molecule has 2 aliphatic rings. The molecule has 2 N–H and O–H groups in total. The van der Waals surface area contributed by atoms with Crippen LogP contribution in [0.1, 0.15) is 55.7 Å². The van der Waals surface area contributed by atoms with Crippen molar-refractivity contribution in [3.63, 3.8) is 0 Å². The molecule has 0 spiro atoms. The Morgan fingerprint density at radius 3 is 2.57 bits per heavy atom. The Morgan fingerprint density at radius 2 is 1.83 bits per heavy atom. The number of nitro groups is 1. The number of nitrogens with one attached hydrogen (secondary N) is 1. The molecular weight excluding hydrogens is 382 g/mol. The largest absolute Gasteiger partial charge is 0.393 e. The lowest BCUT2D eigenvalue weighted by Gasteiger charge is -2.32. The van der Waals surface area contributed by atoms with Gasteiger partial charge in [-0.25, -0.2) is 0 Å². The number of aromatic nitrogens is 2. The molecule has 1 saturated heterocycles. The van der Waals surface area contributed by atoms with Crippen LogP contribution >= 0.6 is 0 Å². The molecule has 8 nitrogen and oxygen atoms in total. The summed E-state index contributed by atoms with van der Waals surface area (Å²) in [7, 11) is 0. The van der Waals surface area contributed by atoms with Crippen LogP contribution in [0.3, 0.4) is 0 Å². The highest BCUT2D eigenvalue weighted by atomic mass is 16.6. The summed E-state index contributed by atoms with van der Waals surface area (Å²) in [6, 6.07) is 10.4. The van der Waals surface area contributed by atoms with Crippen LogP contribution in [0.2, 0.25) is 0 Å². The van der Waals surface area contributed by atoms with Gasteiger partial charge < -0.3 is 20.5 Å². The van der Waals surface area contributed by atoms with Gasteiger partial charge in [-0.05, 0) is 41.7 Å². The zero-order chi connectivity index (χ0) is 20.9. The molecule has 0 radical (unpaired) electrons. The van der Waals surface area contributed by atoms with Gasteiger partial charge in [-0.3, -0.25) is 4.90 Å². The summed E-state index contributed by atoms with van der Waals surface area (Å²) in [5.41, 5.74) is 2.61. The number of rotatable bonds is 7. The lowest BCUT2D eigenvalue weighted by molar-refractivity contribution is -0.389. The molecule has 8 heteroatoms. The van der Waals surface area contributed by atoms with Crippen molar-refractivity contribution in [3.05, 3.63) is 57.8 Å². The van der Waals surface area contributed by atoms with Crippen LogP contribution in [0.5, 0.6) is 0 Å². The Balaban J connectivity index is 1.41. The van der Waals surface area contributed by atoms with Crippen molar-refractivity contribution in [2.45, 2.75) is 69.8 Å². The molecule has 1 aliphatic heterocycles. The highest BCUT2D eigenvalue weighted by molar-refractivity contribution is 5.27. The predicted molar refractivity (Wildman–Crippen MR) is 114 cm³/mol. The van der Waals surface area contributed by atoms with Crippen molar-refractivity contribution in [1.29, 1.82) is 0 Å². The lowest BCUT2D eigenvalue weighted by atomic mass is 9.90. The lowest BCUT2D eigenvalue weighted by Crippen LogP contribution is -2.40. The summed E-state index contributed by atoms with van der Waals surface area (Å²) in [6.07, 6.45) is 7.59. The minimum Gasteiger partial charge on any atom is -0.393 e. The number of hydrogen-bond donors (Lipinski definition) is 2. The van der Waals surface area contributed by atoms with Crippen LogP contribution in [-0.4, -0.2) is 49.9 Å². The van der Waals surface area contributed by atoms with E-state index in [1.807, 2.05) is 0 Å². The van der Waals surface area contributed by atoms with Crippen LogP contribution in [-0.2, 0) is 13.1 Å². The fourth-order valence-electron chi connectivity index (χ4n) is 4.72. The van der Waals surface area contributed by atoms with Crippen LogP contribution in [0.25, 0.3) is 0 Å². The van der Waals surface area contributed by atoms with Gasteiger partial charge in [0.15, 0.2) is 0 Å². The maximum Gasteiger partial charge on any atom is 0.389 e. The molecular formula is C22H31N5O3. The van der Waals surface area contributed by atoms with Crippen molar-refractivity contribution < 1.29 is 10.0 Å². The second-order valence-electron chi connectivity index (χ2n) is 8.53. The monoisotopic (exact) mass is 413 g/mol. The van der Waals surface area contributed by atoms with Gasteiger partial charge in [0, 0.05) is 32.2 Å². The molecule has 1 aromatic carbocycles. The third-order valence-electron chi connectivity index (χ3n) is 6.47. The zero-order valence-corrected chi connectivity index (χ0v) is 17.3. The van der Waals surface area contributed by atoms with E-state index in [0.717, 1.165) is 64.7 Å². The molecule has 1 saturated carbocycles. The smallest absolute Gasteiger partial charge is 0.389 e. The van der Waals surface area contributed by atoms with E-state index >= 15 is 0 Å². The Kier molecular flexibility index (Phi) is 6.76. The van der Waals surface area contributed by atoms with Crippen molar-refractivity contribution in [2.75, 3.05) is 13.1 Å². The second-order valence-corrected chi connectivity index (χ2v) is 8.53. The average Bonchev–Trinajstić information content (AvgIpc) is 3.25. The number of benzene rings is 1. The summed E-state index contributed by atoms with van der Waals surface area (Å²) in [4.78, 5) is 13.0. The van der Waals surface area contributed by atoms with Crippen LogP contribution in [0, 0.1) is 10.1 Å². The summed E-state index contributed by atoms with van der Waals surface area (Å²) in [5.74, 6) is -0.0867. The Bertz CT molecular complexity index is 847. The van der Waals surface area contributed by atoms with E-state index in [-0.39, 0.29) is 24.0 Å². The van der Waals surface area contributed by atoms with E-state index in [2.05, 4.69) is 39.6 Å². The summed E-state index contributed by atoms with van der Waals surface area (Å²) in [5, 5.41) is 28.7. The van der Waals surface area contributed by atoms with E-state index < -0.39 is 4.92 Å². The fourth-order valence-corrected chi connectivity index (χ4v) is 4.72. The van der Waals surface area contributed by atoms with Gasteiger partial charge in [-0.15, -0.1) is 0 Å². The van der Waals surface area contributed by atoms with Crippen molar-refractivity contribution in [2.24, 2.45) is 0 Å². The normalized spacial score (nSPS) is 23.5. The van der Waals surface area contributed by atoms with Crippen LogP contribution < -0.4 is 5.32 Å². The molecule has 1 aliphatic carbocycles. The van der Waals surface area contributed by atoms with E-state index in [1.165, 1.54) is 17.2 Å². The SMILES string of the molecule is O=[N+]([O-])c1ccn([C@H]2CCCC[C@@H]2NCc2ccccc2CN2CCC(O)CC2)n1. The van der Waals surface area contributed by atoms with Gasteiger partial charge in [-0.1, -0.05) is 37.1 Å². The molecule has 0 bridgehead atoms. The number of likely N-dealkylation sites (tertiary alicyclic amines) is 1. The molecule has 162 valence electrons. The van der Waals surface area contributed by atoms with Crippen LogP contribution in [0.15, 0.2) is 36.5 Å². The summed E-state index contributed by atoms with van der Waals surface area (Å²) in [6.45, 7) is 3.55. The van der Waals surface area contributed by atoms with E-state index in [1.54, 1.807) is 10.9 Å². The first-order chi connectivity index (χ1) is 14.6. The average molecular weight is 414 g/mol. The van der Waals surface area contributed by atoms with Gasteiger partial charge in [0.25, 0.3) is 0 Å². The Morgan fingerprint density at radius 1 is 1.10 bits per heavy atom. The van der Waals surface area contributed by atoms with Gasteiger partial charge in [0.2, 0.25) is 0 Å². The molecule has 2 heterocycles. The van der Waals surface area contributed by atoms with Gasteiger partial charge >= 0.3 is 5.82 Å². The van der Waals surface area contributed by atoms with E-state index in [9.17, 15) is 15.2 Å². The van der Waals surface area contributed by atoms with Gasteiger partial charge in [0.05, 0.1) is 29.5 Å².